The number of ether oxygens (including phenoxy) is 1. The van der Waals surface area contributed by atoms with Gasteiger partial charge in [0.2, 0.25) is 0 Å². The second kappa shape index (κ2) is 11.3. The van der Waals surface area contributed by atoms with Gasteiger partial charge in [-0.25, -0.2) is 13.8 Å². The maximum Gasteiger partial charge on any atom is 0.275 e. The molecule has 1 saturated heterocycles. The molecule has 1 saturated carbocycles. The summed E-state index contributed by atoms with van der Waals surface area (Å²) in [5.41, 5.74) is 1.22. The van der Waals surface area contributed by atoms with Crippen molar-refractivity contribution in [2.45, 2.75) is 49.8 Å². The predicted molar refractivity (Wildman–Crippen MR) is 140 cm³/mol. The molecule has 1 amide bonds. The van der Waals surface area contributed by atoms with E-state index in [1.807, 2.05) is 34.9 Å². The van der Waals surface area contributed by atoms with Gasteiger partial charge in [0.05, 0.1) is 24.7 Å². The number of carbonyl (C=O) groups excluding carboxylic acids is 1. The van der Waals surface area contributed by atoms with Crippen molar-refractivity contribution in [3.05, 3.63) is 77.8 Å². The van der Waals surface area contributed by atoms with Crippen molar-refractivity contribution in [2.24, 2.45) is 0 Å². The van der Waals surface area contributed by atoms with Crippen molar-refractivity contribution < 1.29 is 23.4 Å². The number of nitrogens with one attached hydrogen (secondary N) is 1. The van der Waals surface area contributed by atoms with Crippen LogP contribution in [-0.2, 0) is 11.2 Å². The number of rotatable bonds is 7. The standard InChI is InChI=1S/C29H34F2N4O3/c1-38-18-29(37)10-6-5-9-25(29)35-19-33-26(27(35)21-7-3-2-4-8-21)28(36)34-12-11-32-17-24(34)15-20-13-22(30)16-23(31)14-20/h2-4,7-8,13-14,16,19,24-25,32,37H,5-6,9-12,15,17-18H2,1H3/t24-,25-,29-/m1/s1. The summed E-state index contributed by atoms with van der Waals surface area (Å²) in [5, 5.41) is 14.9. The van der Waals surface area contributed by atoms with Crippen LogP contribution < -0.4 is 5.32 Å². The number of hydrogen-bond acceptors (Lipinski definition) is 5. The van der Waals surface area contributed by atoms with E-state index in [0.717, 1.165) is 30.9 Å². The van der Waals surface area contributed by atoms with Gasteiger partial charge < -0.3 is 24.6 Å². The number of aliphatic hydroxyl groups is 1. The molecule has 0 radical (unpaired) electrons. The molecule has 2 fully saturated rings. The number of aromatic nitrogens is 2. The lowest BCUT2D eigenvalue weighted by Gasteiger charge is -2.41. The number of amides is 1. The lowest BCUT2D eigenvalue weighted by molar-refractivity contribution is -0.0893. The molecule has 5 rings (SSSR count). The van der Waals surface area contributed by atoms with E-state index in [1.54, 1.807) is 18.3 Å². The maximum atomic E-state index is 14.1. The number of piperazine rings is 1. The summed E-state index contributed by atoms with van der Waals surface area (Å²) in [6.07, 6.45) is 5.17. The second-order valence-electron chi connectivity index (χ2n) is 10.4. The van der Waals surface area contributed by atoms with Crippen LogP contribution in [0.2, 0.25) is 0 Å². The van der Waals surface area contributed by atoms with Crippen molar-refractivity contribution in [3.8, 4) is 11.3 Å². The van der Waals surface area contributed by atoms with Gasteiger partial charge in [0.15, 0.2) is 5.69 Å². The number of methoxy groups -OCH3 is 1. The van der Waals surface area contributed by atoms with Crippen LogP contribution in [0.15, 0.2) is 54.9 Å². The van der Waals surface area contributed by atoms with Crippen LogP contribution in [-0.4, -0.2) is 70.5 Å². The molecule has 2 aromatic carbocycles. The summed E-state index contributed by atoms with van der Waals surface area (Å²) in [4.78, 5) is 20.5. The molecule has 1 aliphatic carbocycles. The molecule has 0 bridgehead atoms. The molecule has 0 spiro atoms. The van der Waals surface area contributed by atoms with E-state index in [9.17, 15) is 18.7 Å². The Balaban J connectivity index is 1.52. The molecule has 38 heavy (non-hydrogen) atoms. The van der Waals surface area contributed by atoms with Crippen molar-refractivity contribution >= 4 is 5.91 Å². The van der Waals surface area contributed by atoms with Gasteiger partial charge in [-0.3, -0.25) is 4.79 Å². The SMILES string of the molecule is COC[C@]1(O)CCCC[C@H]1n1cnc(C(=O)N2CCNC[C@H]2Cc2cc(F)cc(F)c2)c1-c1ccccc1. The summed E-state index contributed by atoms with van der Waals surface area (Å²) in [6.45, 7) is 1.75. The van der Waals surface area contributed by atoms with Crippen LogP contribution in [0.1, 0.15) is 47.8 Å². The van der Waals surface area contributed by atoms with E-state index >= 15 is 0 Å². The molecule has 1 aliphatic heterocycles. The molecule has 3 aromatic rings. The summed E-state index contributed by atoms with van der Waals surface area (Å²) >= 11 is 0. The molecular formula is C29H34F2N4O3. The van der Waals surface area contributed by atoms with Crippen LogP contribution >= 0.6 is 0 Å². The number of imidazole rings is 1. The Kier molecular flexibility index (Phi) is 7.88. The fourth-order valence-electron chi connectivity index (χ4n) is 6.00. The van der Waals surface area contributed by atoms with Crippen LogP contribution in [0.4, 0.5) is 8.78 Å². The third-order valence-electron chi connectivity index (χ3n) is 7.74. The van der Waals surface area contributed by atoms with E-state index in [2.05, 4.69) is 10.3 Å². The first-order valence-electron chi connectivity index (χ1n) is 13.2. The molecule has 0 unspecified atom stereocenters. The van der Waals surface area contributed by atoms with Gasteiger partial charge in [0.25, 0.3) is 5.91 Å². The van der Waals surface area contributed by atoms with Gasteiger partial charge in [-0.2, -0.15) is 0 Å². The average molecular weight is 525 g/mol. The van der Waals surface area contributed by atoms with Gasteiger partial charge in [0, 0.05) is 44.4 Å². The van der Waals surface area contributed by atoms with Crippen molar-refractivity contribution in [1.29, 1.82) is 0 Å². The highest BCUT2D eigenvalue weighted by molar-refractivity contribution is 5.98. The topological polar surface area (TPSA) is 79.6 Å². The lowest BCUT2D eigenvalue weighted by atomic mass is 9.80. The third kappa shape index (κ3) is 5.36. The Morgan fingerprint density at radius 3 is 2.68 bits per heavy atom. The Bertz CT molecular complexity index is 1240. The summed E-state index contributed by atoms with van der Waals surface area (Å²) < 4.78 is 35.1. The van der Waals surface area contributed by atoms with Gasteiger partial charge in [-0.1, -0.05) is 43.2 Å². The fourth-order valence-corrected chi connectivity index (χ4v) is 6.00. The van der Waals surface area contributed by atoms with Crippen LogP contribution in [0, 0.1) is 11.6 Å². The molecule has 2 heterocycles. The smallest absolute Gasteiger partial charge is 0.275 e. The number of benzene rings is 2. The monoisotopic (exact) mass is 524 g/mol. The molecule has 9 heteroatoms. The fraction of sp³-hybridized carbons (Fsp3) is 0.448. The summed E-state index contributed by atoms with van der Waals surface area (Å²) in [5.74, 6) is -1.51. The van der Waals surface area contributed by atoms with Crippen molar-refractivity contribution in [2.75, 3.05) is 33.4 Å². The average Bonchev–Trinajstić information content (AvgIpc) is 3.33. The van der Waals surface area contributed by atoms with Gasteiger partial charge in [0.1, 0.15) is 17.2 Å². The first-order valence-corrected chi connectivity index (χ1v) is 13.2. The quantitative estimate of drug-likeness (QED) is 0.489. The molecule has 202 valence electrons. The Labute approximate surface area is 221 Å². The normalized spacial score (nSPS) is 23.9. The molecule has 3 atom stereocenters. The number of carbonyl (C=O) groups is 1. The van der Waals surface area contributed by atoms with Crippen LogP contribution in [0.25, 0.3) is 11.3 Å². The maximum absolute atomic E-state index is 14.1. The zero-order chi connectivity index (χ0) is 26.7. The molecule has 2 aliphatic rings. The summed E-state index contributed by atoms with van der Waals surface area (Å²) in [7, 11) is 1.58. The Morgan fingerprint density at radius 2 is 1.95 bits per heavy atom. The van der Waals surface area contributed by atoms with E-state index in [1.165, 1.54) is 12.1 Å². The second-order valence-corrected chi connectivity index (χ2v) is 10.4. The van der Waals surface area contributed by atoms with Gasteiger partial charge in [-0.15, -0.1) is 0 Å². The van der Waals surface area contributed by atoms with Crippen LogP contribution in [0.3, 0.4) is 0 Å². The molecule has 7 nitrogen and oxygen atoms in total. The van der Waals surface area contributed by atoms with Crippen molar-refractivity contribution in [3.63, 3.8) is 0 Å². The Hall–Kier alpha value is -3.14. The minimum absolute atomic E-state index is 0.192. The number of nitrogens with zero attached hydrogens (tertiary/aromatic N) is 3. The van der Waals surface area contributed by atoms with Crippen LogP contribution in [0.5, 0.6) is 0 Å². The third-order valence-corrected chi connectivity index (χ3v) is 7.74. The number of halogens is 2. The Morgan fingerprint density at radius 1 is 1.18 bits per heavy atom. The predicted octanol–water partition coefficient (Wildman–Crippen LogP) is 3.98. The zero-order valence-electron chi connectivity index (χ0n) is 21.6. The van der Waals surface area contributed by atoms with Gasteiger partial charge in [-0.05, 0) is 37.0 Å². The zero-order valence-corrected chi connectivity index (χ0v) is 21.6. The first-order chi connectivity index (χ1) is 18.4. The summed E-state index contributed by atoms with van der Waals surface area (Å²) in [6, 6.07) is 12.5. The minimum atomic E-state index is -1.07. The van der Waals surface area contributed by atoms with Gasteiger partial charge >= 0.3 is 0 Å². The lowest BCUT2D eigenvalue weighted by Crippen LogP contribution is -2.54. The van der Waals surface area contributed by atoms with E-state index in [4.69, 9.17) is 4.74 Å². The highest BCUT2D eigenvalue weighted by Gasteiger charge is 2.42. The largest absolute Gasteiger partial charge is 0.385 e. The minimum Gasteiger partial charge on any atom is -0.385 e. The highest BCUT2D eigenvalue weighted by atomic mass is 19.1. The number of hydrogen-bond donors (Lipinski definition) is 2. The van der Waals surface area contributed by atoms with E-state index in [0.29, 0.717) is 49.4 Å². The first kappa shape index (κ1) is 26.5. The molecule has 1 aromatic heterocycles. The van der Waals surface area contributed by atoms with E-state index in [-0.39, 0.29) is 24.6 Å². The molecule has 2 N–H and O–H groups in total. The van der Waals surface area contributed by atoms with Crippen molar-refractivity contribution in [1.82, 2.24) is 19.8 Å². The highest BCUT2D eigenvalue weighted by Crippen LogP contribution is 2.41. The van der Waals surface area contributed by atoms with E-state index < -0.39 is 17.2 Å². The molecular weight excluding hydrogens is 490 g/mol.